The van der Waals surface area contributed by atoms with Crippen LogP contribution in [0.3, 0.4) is 0 Å². The van der Waals surface area contributed by atoms with E-state index in [1.54, 1.807) is 26.1 Å². The predicted octanol–water partition coefficient (Wildman–Crippen LogP) is 1.09. The summed E-state index contributed by atoms with van der Waals surface area (Å²) in [4.78, 5) is 19.4. The lowest BCUT2D eigenvalue weighted by molar-refractivity contribution is 0.457. The normalized spacial score (nSPS) is 11.4. The molecule has 3 aromatic rings. The van der Waals surface area contributed by atoms with E-state index in [-0.39, 0.29) is 5.88 Å². The minimum atomic E-state index is -0.445. The fraction of sp³-hybridized carbons (Fsp3) is 0.182. The van der Waals surface area contributed by atoms with Gasteiger partial charge in [0.25, 0.3) is 0 Å². The Hall–Kier alpha value is -2.37. The number of oxazole rings is 1. The van der Waals surface area contributed by atoms with E-state index >= 15 is 0 Å². The molecule has 86 valence electrons. The van der Waals surface area contributed by atoms with E-state index in [1.165, 1.54) is 4.57 Å². The second kappa shape index (κ2) is 3.07. The first-order chi connectivity index (χ1) is 8.06. The highest BCUT2D eigenvalue weighted by Crippen LogP contribution is 2.25. The van der Waals surface area contributed by atoms with Gasteiger partial charge in [0.15, 0.2) is 5.58 Å². The Morgan fingerprint density at radius 1 is 1.35 bits per heavy atom. The highest BCUT2D eigenvalue weighted by Gasteiger charge is 2.11. The Labute approximate surface area is 95.1 Å². The first kappa shape index (κ1) is 9.83. The zero-order valence-corrected chi connectivity index (χ0v) is 9.26. The molecule has 6 nitrogen and oxygen atoms in total. The zero-order chi connectivity index (χ0) is 12.2. The quantitative estimate of drug-likeness (QED) is 0.626. The van der Waals surface area contributed by atoms with Crippen molar-refractivity contribution >= 4 is 22.0 Å². The number of aromatic nitrogens is 3. The highest BCUT2D eigenvalue weighted by atomic mass is 16.4. The molecule has 0 spiro atoms. The molecular weight excluding hydrogens is 222 g/mol. The van der Waals surface area contributed by atoms with Gasteiger partial charge in [0.05, 0.1) is 16.4 Å². The lowest BCUT2D eigenvalue weighted by atomic mass is 10.2. The highest BCUT2D eigenvalue weighted by molar-refractivity contribution is 5.94. The third kappa shape index (κ3) is 1.30. The molecule has 0 atom stereocenters. The number of nitrogens with zero attached hydrogens (tertiary/aromatic N) is 3. The number of hydrogen-bond acceptors (Lipinski definition) is 5. The van der Waals surface area contributed by atoms with E-state index in [2.05, 4.69) is 9.97 Å². The van der Waals surface area contributed by atoms with Gasteiger partial charge >= 0.3 is 5.76 Å². The fourth-order valence-corrected chi connectivity index (χ4v) is 1.85. The van der Waals surface area contributed by atoms with Crippen LogP contribution in [0.2, 0.25) is 0 Å². The third-order valence-corrected chi connectivity index (χ3v) is 2.70. The van der Waals surface area contributed by atoms with E-state index < -0.39 is 5.76 Å². The monoisotopic (exact) mass is 231 g/mol. The van der Waals surface area contributed by atoms with Gasteiger partial charge < -0.3 is 9.52 Å². The van der Waals surface area contributed by atoms with Crippen LogP contribution in [-0.2, 0) is 7.05 Å². The summed E-state index contributed by atoms with van der Waals surface area (Å²) in [7, 11) is 1.60. The molecule has 1 aromatic carbocycles. The fourth-order valence-electron chi connectivity index (χ4n) is 1.85. The van der Waals surface area contributed by atoms with Gasteiger partial charge in [-0.2, -0.15) is 4.98 Å². The van der Waals surface area contributed by atoms with Crippen molar-refractivity contribution in [1.29, 1.82) is 0 Å². The standard InChI is InChI=1S/C11H9N3O3/c1-5-12-7-4-9-8(14(2)11(16)17-9)3-6(7)10(15)13-5/h3-4H,1-2H3,(H,12,13,15). The molecule has 0 bridgehead atoms. The Balaban J connectivity index is 2.56. The Morgan fingerprint density at radius 2 is 2.12 bits per heavy atom. The van der Waals surface area contributed by atoms with E-state index in [4.69, 9.17) is 4.42 Å². The number of rotatable bonds is 0. The van der Waals surface area contributed by atoms with Crippen molar-refractivity contribution in [2.45, 2.75) is 6.92 Å². The summed E-state index contributed by atoms with van der Waals surface area (Å²) in [5.74, 6) is -0.0739. The molecule has 1 N–H and O–H groups in total. The SMILES string of the molecule is Cc1nc(O)c2cc3c(cc2n1)oc(=O)n3C. The summed E-state index contributed by atoms with van der Waals surface area (Å²) in [6, 6.07) is 3.27. The van der Waals surface area contributed by atoms with Crippen LogP contribution < -0.4 is 5.76 Å². The molecule has 0 saturated heterocycles. The molecule has 0 aliphatic heterocycles. The zero-order valence-electron chi connectivity index (χ0n) is 9.26. The van der Waals surface area contributed by atoms with Crippen LogP contribution in [0.5, 0.6) is 5.88 Å². The van der Waals surface area contributed by atoms with Crippen LogP contribution in [0, 0.1) is 6.92 Å². The van der Waals surface area contributed by atoms with E-state index in [0.29, 0.717) is 27.8 Å². The Bertz CT molecular complexity index is 801. The van der Waals surface area contributed by atoms with Crippen LogP contribution in [-0.4, -0.2) is 19.6 Å². The molecule has 6 heteroatoms. The molecule has 0 aliphatic carbocycles. The van der Waals surface area contributed by atoms with Gasteiger partial charge in [0.1, 0.15) is 5.82 Å². The maximum absolute atomic E-state index is 11.4. The van der Waals surface area contributed by atoms with E-state index in [0.717, 1.165) is 0 Å². The summed E-state index contributed by atoms with van der Waals surface area (Å²) in [5, 5.41) is 10.2. The first-order valence-corrected chi connectivity index (χ1v) is 5.03. The molecule has 2 heterocycles. The summed E-state index contributed by atoms with van der Waals surface area (Å²) in [5.41, 5.74) is 1.60. The van der Waals surface area contributed by atoms with Gasteiger partial charge in [0, 0.05) is 13.1 Å². The summed E-state index contributed by atoms with van der Waals surface area (Å²) in [6.07, 6.45) is 0. The number of aromatic hydroxyl groups is 1. The van der Waals surface area contributed by atoms with Crippen LogP contribution in [0.1, 0.15) is 5.82 Å². The first-order valence-electron chi connectivity index (χ1n) is 5.03. The largest absolute Gasteiger partial charge is 0.493 e. The van der Waals surface area contributed by atoms with Crippen molar-refractivity contribution in [1.82, 2.24) is 14.5 Å². The summed E-state index contributed by atoms with van der Waals surface area (Å²) >= 11 is 0. The lowest BCUT2D eigenvalue weighted by Gasteiger charge is -2.01. The van der Waals surface area contributed by atoms with Gasteiger partial charge in [-0.3, -0.25) is 4.57 Å². The molecule has 0 fully saturated rings. The van der Waals surface area contributed by atoms with Crippen LogP contribution in [0.25, 0.3) is 22.0 Å². The maximum Gasteiger partial charge on any atom is 0.419 e. The third-order valence-electron chi connectivity index (χ3n) is 2.70. The van der Waals surface area contributed by atoms with Crippen LogP contribution in [0.15, 0.2) is 21.3 Å². The van der Waals surface area contributed by atoms with Gasteiger partial charge in [-0.05, 0) is 13.0 Å². The topological polar surface area (TPSA) is 81.2 Å². The van der Waals surface area contributed by atoms with Crippen molar-refractivity contribution in [2.75, 3.05) is 0 Å². The smallest absolute Gasteiger partial charge is 0.419 e. The summed E-state index contributed by atoms with van der Waals surface area (Å²) < 4.78 is 6.42. The van der Waals surface area contributed by atoms with E-state index in [9.17, 15) is 9.90 Å². The minimum Gasteiger partial charge on any atom is -0.493 e. The van der Waals surface area contributed by atoms with Crippen molar-refractivity contribution in [3.05, 3.63) is 28.5 Å². The maximum atomic E-state index is 11.4. The summed E-state index contributed by atoms with van der Waals surface area (Å²) in [6.45, 7) is 1.69. The average Bonchev–Trinajstić information content (AvgIpc) is 2.52. The van der Waals surface area contributed by atoms with Crippen molar-refractivity contribution < 1.29 is 9.52 Å². The van der Waals surface area contributed by atoms with Crippen molar-refractivity contribution in [2.24, 2.45) is 7.05 Å². The molecule has 0 unspecified atom stereocenters. The molecule has 0 aliphatic rings. The van der Waals surface area contributed by atoms with Crippen molar-refractivity contribution in [3.8, 4) is 5.88 Å². The molecule has 0 radical (unpaired) electrons. The number of fused-ring (bicyclic) bond motifs is 2. The predicted molar refractivity (Wildman–Crippen MR) is 61.0 cm³/mol. The van der Waals surface area contributed by atoms with Gasteiger partial charge in [-0.25, -0.2) is 9.78 Å². The molecule has 0 saturated carbocycles. The average molecular weight is 231 g/mol. The number of benzene rings is 1. The Morgan fingerprint density at radius 3 is 2.88 bits per heavy atom. The second-order valence-electron chi connectivity index (χ2n) is 3.86. The molecule has 17 heavy (non-hydrogen) atoms. The molecule has 3 rings (SSSR count). The van der Waals surface area contributed by atoms with Crippen molar-refractivity contribution in [3.63, 3.8) is 0 Å². The van der Waals surface area contributed by atoms with Crippen LogP contribution >= 0.6 is 0 Å². The lowest BCUT2D eigenvalue weighted by Crippen LogP contribution is -2.08. The van der Waals surface area contributed by atoms with Gasteiger partial charge in [-0.15, -0.1) is 0 Å². The molecule has 2 aromatic heterocycles. The van der Waals surface area contributed by atoms with Crippen LogP contribution in [0.4, 0.5) is 0 Å². The van der Waals surface area contributed by atoms with Gasteiger partial charge in [-0.1, -0.05) is 0 Å². The second-order valence-corrected chi connectivity index (χ2v) is 3.86. The molecule has 0 amide bonds. The minimum absolute atomic E-state index is 0.0944. The number of aryl methyl sites for hydroxylation is 2. The Kier molecular flexibility index (Phi) is 1.77. The van der Waals surface area contributed by atoms with E-state index in [1.807, 2.05) is 0 Å². The molecular formula is C11H9N3O3. The number of hydrogen-bond donors (Lipinski definition) is 1. The van der Waals surface area contributed by atoms with Gasteiger partial charge in [0.2, 0.25) is 5.88 Å².